The molecule has 0 aliphatic carbocycles. The summed E-state index contributed by atoms with van der Waals surface area (Å²) in [7, 11) is 0. The molecular weight excluding hydrogens is 481 g/mol. The summed E-state index contributed by atoms with van der Waals surface area (Å²) < 4.78 is 1.09. The van der Waals surface area contributed by atoms with Gasteiger partial charge in [0.1, 0.15) is 0 Å². The molecule has 30 heavy (non-hydrogen) atoms. The van der Waals surface area contributed by atoms with E-state index in [-0.39, 0.29) is 24.8 Å². The first-order valence-electron chi connectivity index (χ1n) is 10.3. The van der Waals surface area contributed by atoms with E-state index in [0.29, 0.717) is 6.04 Å². The first-order valence-corrected chi connectivity index (χ1v) is 11.1. The van der Waals surface area contributed by atoms with Crippen molar-refractivity contribution in [3.05, 3.63) is 59.1 Å². The van der Waals surface area contributed by atoms with E-state index in [9.17, 15) is 0 Å². The third-order valence-corrected chi connectivity index (χ3v) is 6.50. The molecule has 0 amide bonds. The molecule has 1 aliphatic heterocycles. The van der Waals surface area contributed by atoms with Gasteiger partial charge in [0.25, 0.3) is 0 Å². The number of rotatable bonds is 5. The Bertz CT molecular complexity index is 937. The summed E-state index contributed by atoms with van der Waals surface area (Å²) in [5.74, 6) is 0. The Balaban J connectivity index is 0.00000160. The molecule has 6 heteroatoms. The number of piperidine rings is 1. The fourth-order valence-electron chi connectivity index (χ4n) is 4.40. The minimum absolute atomic E-state index is 0. The molecule has 3 aromatic rings. The first kappa shape index (κ1) is 24.9. The van der Waals surface area contributed by atoms with E-state index in [1.54, 1.807) is 0 Å². The molecule has 0 N–H and O–H groups in total. The van der Waals surface area contributed by atoms with Crippen LogP contribution in [0.3, 0.4) is 0 Å². The van der Waals surface area contributed by atoms with Crippen LogP contribution in [0.25, 0.3) is 22.2 Å². The van der Waals surface area contributed by atoms with E-state index in [4.69, 9.17) is 4.98 Å². The highest BCUT2D eigenvalue weighted by molar-refractivity contribution is 9.10. The van der Waals surface area contributed by atoms with Gasteiger partial charge in [0, 0.05) is 40.2 Å². The van der Waals surface area contributed by atoms with E-state index in [0.717, 1.165) is 47.4 Å². The Morgan fingerprint density at radius 2 is 1.60 bits per heavy atom. The largest absolute Gasteiger partial charge is 0.371 e. The van der Waals surface area contributed by atoms with Crippen LogP contribution in [0.4, 0.5) is 5.69 Å². The fourth-order valence-corrected chi connectivity index (χ4v) is 4.66. The molecule has 0 spiro atoms. The maximum atomic E-state index is 4.95. The van der Waals surface area contributed by atoms with Gasteiger partial charge in [0.15, 0.2) is 0 Å². The third-order valence-electron chi connectivity index (χ3n) is 5.97. The second-order valence-corrected chi connectivity index (χ2v) is 8.41. The van der Waals surface area contributed by atoms with Crippen LogP contribution in [0.1, 0.15) is 26.7 Å². The predicted octanol–water partition coefficient (Wildman–Crippen LogP) is 6.82. The van der Waals surface area contributed by atoms with Crippen molar-refractivity contribution >= 4 is 57.3 Å². The van der Waals surface area contributed by atoms with Crippen molar-refractivity contribution in [2.24, 2.45) is 0 Å². The Morgan fingerprint density at radius 1 is 0.967 bits per heavy atom. The number of nitrogens with zero attached hydrogens (tertiary/aromatic N) is 3. The van der Waals surface area contributed by atoms with Gasteiger partial charge < -0.3 is 9.80 Å². The smallest absolute Gasteiger partial charge is 0.0730 e. The number of hydrogen-bond acceptors (Lipinski definition) is 3. The molecule has 2 aromatic carbocycles. The lowest BCUT2D eigenvalue weighted by molar-refractivity contribution is 0.186. The van der Waals surface area contributed by atoms with Gasteiger partial charge in [0.2, 0.25) is 0 Å². The summed E-state index contributed by atoms with van der Waals surface area (Å²) >= 11 is 3.53. The van der Waals surface area contributed by atoms with Gasteiger partial charge in [0.05, 0.1) is 11.2 Å². The number of benzene rings is 2. The SMILES string of the molecule is CCN(CC)C1CCN(c2cc(-c3ccc(Br)cc3)nc3ccccc23)CC1.Cl.Cl. The first-order chi connectivity index (χ1) is 13.7. The minimum atomic E-state index is 0. The van der Waals surface area contributed by atoms with Crippen LogP contribution in [0.15, 0.2) is 59.1 Å². The quantitative estimate of drug-likeness (QED) is 0.375. The Labute approximate surface area is 200 Å². The Morgan fingerprint density at radius 3 is 2.23 bits per heavy atom. The third kappa shape index (κ3) is 5.28. The highest BCUT2D eigenvalue weighted by Crippen LogP contribution is 2.33. The lowest BCUT2D eigenvalue weighted by Gasteiger charge is -2.39. The number of pyridine rings is 1. The highest BCUT2D eigenvalue weighted by Gasteiger charge is 2.24. The van der Waals surface area contributed by atoms with Gasteiger partial charge in [-0.05, 0) is 50.2 Å². The number of hydrogen-bond donors (Lipinski definition) is 0. The highest BCUT2D eigenvalue weighted by atomic mass is 79.9. The van der Waals surface area contributed by atoms with Gasteiger partial charge in [-0.1, -0.05) is 60.1 Å². The average Bonchev–Trinajstić information content (AvgIpc) is 2.75. The van der Waals surface area contributed by atoms with E-state index >= 15 is 0 Å². The van der Waals surface area contributed by atoms with Gasteiger partial charge >= 0.3 is 0 Å². The zero-order chi connectivity index (χ0) is 19.5. The molecule has 0 unspecified atom stereocenters. The number of para-hydroxylation sites is 1. The summed E-state index contributed by atoms with van der Waals surface area (Å²) in [5.41, 5.74) is 4.60. The molecule has 1 fully saturated rings. The zero-order valence-corrected chi connectivity index (χ0v) is 20.8. The topological polar surface area (TPSA) is 19.4 Å². The molecular formula is C24H30BrCl2N3. The van der Waals surface area contributed by atoms with Crippen LogP contribution in [0.5, 0.6) is 0 Å². The molecule has 0 bridgehead atoms. The monoisotopic (exact) mass is 509 g/mol. The average molecular weight is 511 g/mol. The van der Waals surface area contributed by atoms with E-state index in [1.807, 2.05) is 0 Å². The molecule has 2 heterocycles. The number of anilines is 1. The van der Waals surface area contributed by atoms with Crippen molar-refractivity contribution in [2.45, 2.75) is 32.7 Å². The standard InChI is InChI=1S/C24H28BrN3.2ClH/c1-3-27(4-2)20-13-15-28(16-14-20)24-17-23(18-9-11-19(25)12-10-18)26-22-8-6-5-7-21(22)24;;/h5-12,17,20H,3-4,13-16H2,1-2H3;2*1H. The van der Waals surface area contributed by atoms with Crippen LogP contribution in [-0.4, -0.2) is 42.1 Å². The van der Waals surface area contributed by atoms with Crippen molar-refractivity contribution in [1.29, 1.82) is 0 Å². The Hall–Kier alpha value is -1.33. The predicted molar refractivity (Wildman–Crippen MR) is 138 cm³/mol. The lowest BCUT2D eigenvalue weighted by atomic mass is 10.0. The second-order valence-electron chi connectivity index (χ2n) is 7.49. The van der Waals surface area contributed by atoms with E-state index < -0.39 is 0 Å². The molecule has 0 radical (unpaired) electrons. The van der Waals surface area contributed by atoms with Crippen molar-refractivity contribution in [3.63, 3.8) is 0 Å². The molecule has 0 saturated carbocycles. The van der Waals surface area contributed by atoms with Gasteiger partial charge in [-0.2, -0.15) is 0 Å². The minimum Gasteiger partial charge on any atom is -0.371 e. The van der Waals surface area contributed by atoms with Gasteiger partial charge in [-0.25, -0.2) is 4.98 Å². The molecule has 4 rings (SSSR count). The van der Waals surface area contributed by atoms with Crippen LogP contribution < -0.4 is 4.90 Å². The summed E-state index contributed by atoms with van der Waals surface area (Å²) in [6.07, 6.45) is 2.46. The van der Waals surface area contributed by atoms with Crippen LogP contribution in [-0.2, 0) is 0 Å². The molecule has 1 aliphatic rings. The molecule has 0 atom stereocenters. The maximum absolute atomic E-state index is 4.95. The van der Waals surface area contributed by atoms with E-state index in [1.165, 1.54) is 23.9 Å². The number of aromatic nitrogens is 1. The molecule has 3 nitrogen and oxygen atoms in total. The summed E-state index contributed by atoms with van der Waals surface area (Å²) in [6, 6.07) is 20.0. The summed E-state index contributed by atoms with van der Waals surface area (Å²) in [4.78, 5) is 10.1. The van der Waals surface area contributed by atoms with Gasteiger partial charge in [-0.3, -0.25) is 0 Å². The van der Waals surface area contributed by atoms with Crippen LogP contribution >= 0.6 is 40.7 Å². The Kier molecular flexibility index (Phi) is 9.42. The van der Waals surface area contributed by atoms with E-state index in [2.05, 4.69) is 94.2 Å². The number of fused-ring (bicyclic) bond motifs is 1. The normalized spacial score (nSPS) is 14.5. The van der Waals surface area contributed by atoms with Crippen molar-refractivity contribution < 1.29 is 0 Å². The lowest BCUT2D eigenvalue weighted by Crippen LogP contribution is -2.44. The van der Waals surface area contributed by atoms with Crippen LogP contribution in [0.2, 0.25) is 0 Å². The molecule has 162 valence electrons. The fraction of sp³-hybridized carbons (Fsp3) is 0.375. The molecule has 1 saturated heterocycles. The van der Waals surface area contributed by atoms with Crippen molar-refractivity contribution in [3.8, 4) is 11.3 Å². The second kappa shape index (κ2) is 11.3. The summed E-state index contributed by atoms with van der Waals surface area (Å²) in [6.45, 7) is 9.05. The van der Waals surface area contributed by atoms with Crippen LogP contribution in [0, 0.1) is 0 Å². The van der Waals surface area contributed by atoms with Gasteiger partial charge in [-0.15, -0.1) is 24.8 Å². The zero-order valence-electron chi connectivity index (χ0n) is 17.6. The summed E-state index contributed by atoms with van der Waals surface area (Å²) in [5, 5.41) is 1.25. The maximum Gasteiger partial charge on any atom is 0.0730 e. The van der Waals surface area contributed by atoms with Crippen molar-refractivity contribution in [2.75, 3.05) is 31.1 Å². The van der Waals surface area contributed by atoms with Crippen molar-refractivity contribution in [1.82, 2.24) is 9.88 Å². The molecule has 1 aromatic heterocycles. The number of halogens is 3.